The monoisotopic (exact) mass is 380 g/mol. The summed E-state index contributed by atoms with van der Waals surface area (Å²) in [4.78, 5) is 12.1. The predicted octanol–water partition coefficient (Wildman–Crippen LogP) is 5.69. The van der Waals surface area contributed by atoms with Crippen molar-refractivity contribution >= 4 is 16.9 Å². The first kappa shape index (κ1) is 19.6. The lowest BCUT2D eigenvalue weighted by atomic mass is 10.0. The SMILES string of the molecule is CCc1cc(C#Cc2ccccc2)ccc1C#Cc1ccc(SC(C)=O)cc1. The zero-order valence-electron chi connectivity index (χ0n) is 16.0. The van der Waals surface area contributed by atoms with Crippen molar-refractivity contribution in [1.82, 2.24) is 0 Å². The molecule has 0 atom stereocenters. The van der Waals surface area contributed by atoms with Crippen molar-refractivity contribution in [1.29, 1.82) is 0 Å². The average molecular weight is 381 g/mol. The summed E-state index contributed by atoms with van der Waals surface area (Å²) in [5.41, 5.74) is 5.15. The number of hydrogen-bond donors (Lipinski definition) is 0. The van der Waals surface area contributed by atoms with Gasteiger partial charge >= 0.3 is 0 Å². The maximum absolute atomic E-state index is 11.2. The first-order chi connectivity index (χ1) is 13.6. The minimum atomic E-state index is 0.0851. The minimum absolute atomic E-state index is 0.0851. The lowest BCUT2D eigenvalue weighted by Gasteiger charge is -2.02. The number of thioether (sulfide) groups is 1. The van der Waals surface area contributed by atoms with Crippen LogP contribution in [0.15, 0.2) is 77.7 Å². The van der Waals surface area contributed by atoms with Gasteiger partial charge in [0.05, 0.1) is 0 Å². The number of benzene rings is 3. The molecule has 0 bridgehead atoms. The first-order valence-corrected chi connectivity index (χ1v) is 9.96. The fourth-order valence-corrected chi connectivity index (χ4v) is 3.27. The van der Waals surface area contributed by atoms with Crippen molar-refractivity contribution in [2.75, 3.05) is 0 Å². The number of carbonyl (C=O) groups excluding carboxylic acids is 1. The number of hydrogen-bond acceptors (Lipinski definition) is 2. The van der Waals surface area contributed by atoms with Crippen LogP contribution in [0, 0.1) is 23.7 Å². The Morgan fingerprint density at radius 3 is 2.07 bits per heavy atom. The molecule has 0 saturated heterocycles. The Labute approximate surface area is 171 Å². The third kappa shape index (κ3) is 5.65. The molecule has 1 nitrogen and oxygen atoms in total. The lowest BCUT2D eigenvalue weighted by molar-refractivity contribution is -0.109. The standard InChI is InChI=1S/C26H20OS/c1-3-24-19-23(10-9-21-7-5-4-6-8-21)12-16-25(24)15-11-22-13-17-26(18-14-22)28-20(2)27/h4-8,12-14,16-19H,3H2,1-2H3. The van der Waals surface area contributed by atoms with E-state index in [-0.39, 0.29) is 5.12 Å². The third-order valence-corrected chi connectivity index (χ3v) is 4.86. The maximum atomic E-state index is 11.2. The molecule has 0 saturated carbocycles. The molecule has 28 heavy (non-hydrogen) atoms. The average Bonchev–Trinajstić information content (AvgIpc) is 2.72. The van der Waals surface area contributed by atoms with E-state index in [9.17, 15) is 4.79 Å². The van der Waals surface area contributed by atoms with E-state index in [1.54, 1.807) is 6.92 Å². The molecule has 0 aliphatic carbocycles. The van der Waals surface area contributed by atoms with Crippen molar-refractivity contribution in [2.24, 2.45) is 0 Å². The van der Waals surface area contributed by atoms with Gasteiger partial charge in [0, 0.05) is 34.1 Å². The quantitative estimate of drug-likeness (QED) is 0.420. The molecular weight excluding hydrogens is 360 g/mol. The summed E-state index contributed by atoms with van der Waals surface area (Å²) in [5, 5.41) is 0.0851. The van der Waals surface area contributed by atoms with Crippen LogP contribution in [-0.4, -0.2) is 5.12 Å². The highest BCUT2D eigenvalue weighted by molar-refractivity contribution is 8.13. The fourth-order valence-electron chi connectivity index (χ4n) is 2.66. The molecule has 0 heterocycles. The molecule has 3 aromatic rings. The van der Waals surface area contributed by atoms with Gasteiger partial charge in [0.1, 0.15) is 0 Å². The molecule has 136 valence electrons. The van der Waals surface area contributed by atoms with Crippen LogP contribution in [-0.2, 0) is 11.2 Å². The molecule has 2 heteroatoms. The van der Waals surface area contributed by atoms with Gasteiger partial charge in [0.25, 0.3) is 0 Å². The molecule has 0 amide bonds. The van der Waals surface area contributed by atoms with Gasteiger partial charge in [-0.05, 0) is 66.6 Å². The van der Waals surface area contributed by atoms with Crippen molar-refractivity contribution in [3.05, 3.63) is 101 Å². The normalized spacial score (nSPS) is 9.64. The van der Waals surface area contributed by atoms with Gasteiger partial charge in [-0.1, -0.05) is 60.6 Å². The Morgan fingerprint density at radius 1 is 0.786 bits per heavy atom. The van der Waals surface area contributed by atoms with E-state index in [1.165, 1.54) is 17.3 Å². The highest BCUT2D eigenvalue weighted by Gasteiger charge is 2.00. The van der Waals surface area contributed by atoms with E-state index in [4.69, 9.17) is 0 Å². The summed E-state index contributed by atoms with van der Waals surface area (Å²) >= 11 is 1.23. The van der Waals surface area contributed by atoms with Crippen molar-refractivity contribution in [3.63, 3.8) is 0 Å². The third-order valence-electron chi connectivity index (χ3n) is 4.07. The summed E-state index contributed by atoms with van der Waals surface area (Å²) in [5.74, 6) is 12.9. The Kier molecular flexibility index (Phi) is 6.74. The van der Waals surface area contributed by atoms with Crippen molar-refractivity contribution in [2.45, 2.75) is 25.2 Å². The number of rotatable bonds is 2. The van der Waals surface area contributed by atoms with Crippen LogP contribution in [0.1, 0.15) is 41.7 Å². The molecule has 0 aliphatic rings. The van der Waals surface area contributed by atoms with Gasteiger partial charge in [0.15, 0.2) is 5.12 Å². The second-order valence-electron chi connectivity index (χ2n) is 6.21. The molecule has 3 aromatic carbocycles. The second-order valence-corrected chi connectivity index (χ2v) is 7.46. The van der Waals surface area contributed by atoms with E-state index in [0.29, 0.717) is 0 Å². The van der Waals surface area contributed by atoms with E-state index < -0.39 is 0 Å². The van der Waals surface area contributed by atoms with Crippen LogP contribution < -0.4 is 0 Å². The Morgan fingerprint density at radius 2 is 1.39 bits per heavy atom. The molecule has 3 rings (SSSR count). The van der Waals surface area contributed by atoms with Gasteiger partial charge < -0.3 is 0 Å². The zero-order valence-corrected chi connectivity index (χ0v) is 16.8. The van der Waals surface area contributed by atoms with Gasteiger partial charge in [-0.15, -0.1) is 0 Å². The molecule has 0 radical (unpaired) electrons. The topological polar surface area (TPSA) is 17.1 Å². The number of aryl methyl sites for hydroxylation is 1. The first-order valence-electron chi connectivity index (χ1n) is 9.14. The molecule has 0 aliphatic heterocycles. The largest absolute Gasteiger partial charge is 0.287 e. The van der Waals surface area contributed by atoms with Gasteiger partial charge in [-0.3, -0.25) is 4.79 Å². The zero-order chi connectivity index (χ0) is 19.8. The van der Waals surface area contributed by atoms with Crippen molar-refractivity contribution < 1.29 is 4.79 Å². The number of carbonyl (C=O) groups is 1. The molecule has 0 spiro atoms. The highest BCUT2D eigenvalue weighted by Crippen LogP contribution is 2.19. The van der Waals surface area contributed by atoms with Crippen LogP contribution in [0.5, 0.6) is 0 Å². The van der Waals surface area contributed by atoms with Crippen molar-refractivity contribution in [3.8, 4) is 23.7 Å². The van der Waals surface area contributed by atoms with Crippen LogP contribution >= 0.6 is 11.8 Å². The van der Waals surface area contributed by atoms with Crippen LogP contribution in [0.4, 0.5) is 0 Å². The summed E-state index contributed by atoms with van der Waals surface area (Å²) in [6.45, 7) is 3.70. The second kappa shape index (κ2) is 9.65. The molecule has 0 fully saturated rings. The maximum Gasteiger partial charge on any atom is 0.190 e. The molecule has 0 unspecified atom stereocenters. The van der Waals surface area contributed by atoms with Gasteiger partial charge in [-0.2, -0.15) is 0 Å². The van der Waals surface area contributed by atoms with E-state index in [1.807, 2.05) is 66.7 Å². The Balaban J connectivity index is 1.79. The van der Waals surface area contributed by atoms with Crippen LogP contribution in [0.25, 0.3) is 0 Å². The smallest absolute Gasteiger partial charge is 0.190 e. The summed E-state index contributed by atoms with van der Waals surface area (Å²) in [6, 6.07) is 23.9. The highest BCUT2D eigenvalue weighted by atomic mass is 32.2. The molecule has 0 N–H and O–H groups in total. The minimum Gasteiger partial charge on any atom is -0.287 e. The van der Waals surface area contributed by atoms with Gasteiger partial charge in [-0.25, -0.2) is 0 Å². The Hall–Kier alpha value is -3.20. The summed E-state index contributed by atoms with van der Waals surface area (Å²) < 4.78 is 0. The van der Waals surface area contributed by atoms with Crippen LogP contribution in [0.2, 0.25) is 0 Å². The molecule has 0 aromatic heterocycles. The van der Waals surface area contributed by atoms with E-state index in [2.05, 4.69) is 36.7 Å². The fraction of sp³-hybridized carbons (Fsp3) is 0.115. The summed E-state index contributed by atoms with van der Waals surface area (Å²) in [7, 11) is 0. The Bertz CT molecular complexity index is 1090. The molecular formula is C26H20OS. The van der Waals surface area contributed by atoms with E-state index >= 15 is 0 Å². The lowest BCUT2D eigenvalue weighted by Crippen LogP contribution is -1.89. The van der Waals surface area contributed by atoms with Gasteiger partial charge in [0.2, 0.25) is 0 Å². The predicted molar refractivity (Wildman–Crippen MR) is 117 cm³/mol. The van der Waals surface area contributed by atoms with Crippen LogP contribution in [0.3, 0.4) is 0 Å². The summed E-state index contributed by atoms with van der Waals surface area (Å²) in [6.07, 6.45) is 0.902. The van der Waals surface area contributed by atoms with E-state index in [0.717, 1.165) is 33.6 Å².